The average molecular weight is 392 g/mol. The Labute approximate surface area is 160 Å². The van der Waals surface area contributed by atoms with Gasteiger partial charge in [0.1, 0.15) is 5.75 Å². The highest BCUT2D eigenvalue weighted by atomic mass is 35.5. The van der Waals surface area contributed by atoms with Gasteiger partial charge in [0.05, 0.1) is 4.92 Å². The van der Waals surface area contributed by atoms with Crippen LogP contribution in [0.3, 0.4) is 0 Å². The van der Waals surface area contributed by atoms with E-state index in [1.54, 1.807) is 12.1 Å². The molecule has 0 aliphatic carbocycles. The minimum atomic E-state index is -0.894. The van der Waals surface area contributed by atoms with Crippen molar-refractivity contribution in [3.8, 4) is 5.75 Å². The lowest BCUT2D eigenvalue weighted by Crippen LogP contribution is -2.47. The van der Waals surface area contributed by atoms with Gasteiger partial charge in [0.2, 0.25) is 0 Å². The van der Waals surface area contributed by atoms with Crippen LogP contribution in [0.2, 0.25) is 5.02 Å². The van der Waals surface area contributed by atoms with E-state index in [9.17, 15) is 19.7 Å². The summed E-state index contributed by atoms with van der Waals surface area (Å²) in [5, 5.41) is 11.3. The quantitative estimate of drug-likeness (QED) is 0.601. The maximum Gasteiger partial charge on any atom is 0.279 e. The van der Waals surface area contributed by atoms with Crippen LogP contribution >= 0.6 is 11.6 Å². The van der Waals surface area contributed by atoms with Crippen LogP contribution in [0.25, 0.3) is 0 Å². The number of non-ortho nitro benzene ring substituents is 1. The van der Waals surface area contributed by atoms with Gasteiger partial charge in [-0.3, -0.25) is 30.6 Å². The Morgan fingerprint density at radius 1 is 1.15 bits per heavy atom. The first-order valence-corrected chi connectivity index (χ1v) is 8.35. The molecule has 8 nitrogen and oxygen atoms in total. The van der Waals surface area contributed by atoms with Crippen molar-refractivity contribution in [2.75, 3.05) is 0 Å². The molecule has 0 bridgehead atoms. The molecule has 2 aromatic carbocycles. The van der Waals surface area contributed by atoms with E-state index in [2.05, 4.69) is 10.9 Å². The molecule has 0 radical (unpaired) electrons. The van der Waals surface area contributed by atoms with E-state index >= 15 is 0 Å². The van der Waals surface area contributed by atoms with Crippen molar-refractivity contribution in [1.29, 1.82) is 0 Å². The number of aryl methyl sites for hydroxylation is 2. The number of hydrogen-bond donors (Lipinski definition) is 2. The number of carbonyl (C=O) groups excluding carboxylic acids is 2. The van der Waals surface area contributed by atoms with Gasteiger partial charge in [0, 0.05) is 22.7 Å². The van der Waals surface area contributed by atoms with Crippen molar-refractivity contribution in [3.63, 3.8) is 0 Å². The van der Waals surface area contributed by atoms with E-state index in [-0.39, 0.29) is 11.3 Å². The number of carbonyl (C=O) groups is 2. The van der Waals surface area contributed by atoms with Crippen LogP contribution in [0.4, 0.5) is 5.69 Å². The van der Waals surface area contributed by atoms with Crippen LogP contribution in [0, 0.1) is 24.0 Å². The van der Waals surface area contributed by atoms with E-state index in [1.807, 2.05) is 13.8 Å². The number of nitrogens with zero attached hydrogens (tertiary/aromatic N) is 1. The molecule has 0 aromatic heterocycles. The number of benzene rings is 2. The summed E-state index contributed by atoms with van der Waals surface area (Å²) >= 11 is 5.97. The summed E-state index contributed by atoms with van der Waals surface area (Å²) in [7, 11) is 0. The van der Waals surface area contributed by atoms with E-state index in [0.29, 0.717) is 10.8 Å². The molecule has 9 heteroatoms. The van der Waals surface area contributed by atoms with Gasteiger partial charge in [-0.25, -0.2) is 0 Å². The molecule has 2 N–H and O–H groups in total. The minimum Gasteiger partial charge on any atom is -0.480 e. The van der Waals surface area contributed by atoms with Crippen LogP contribution in [0.1, 0.15) is 28.4 Å². The number of nitro benzene ring substituents is 1. The summed E-state index contributed by atoms with van der Waals surface area (Å²) in [4.78, 5) is 34.4. The molecule has 0 saturated carbocycles. The van der Waals surface area contributed by atoms with Crippen LogP contribution in [-0.2, 0) is 4.79 Å². The summed E-state index contributed by atoms with van der Waals surface area (Å²) in [6.07, 6.45) is -0.894. The SMILES string of the molecule is Cc1cc(Cl)cc(C)c1OC(C)C(=O)NNC(=O)c1cccc([N+](=O)[O-])c1. The van der Waals surface area contributed by atoms with Crippen molar-refractivity contribution in [2.24, 2.45) is 0 Å². The molecular weight excluding hydrogens is 374 g/mol. The fraction of sp³-hybridized carbons (Fsp3) is 0.222. The molecule has 0 heterocycles. The molecule has 0 fully saturated rings. The van der Waals surface area contributed by atoms with Gasteiger partial charge >= 0.3 is 0 Å². The van der Waals surface area contributed by atoms with E-state index in [1.165, 1.54) is 25.1 Å². The van der Waals surface area contributed by atoms with Crippen molar-refractivity contribution in [3.05, 3.63) is 68.2 Å². The summed E-state index contributed by atoms with van der Waals surface area (Å²) in [5.74, 6) is -0.729. The minimum absolute atomic E-state index is 0.0439. The molecule has 1 atom stereocenters. The van der Waals surface area contributed by atoms with Crippen LogP contribution in [0.5, 0.6) is 5.75 Å². The highest BCUT2D eigenvalue weighted by Crippen LogP contribution is 2.27. The zero-order valence-electron chi connectivity index (χ0n) is 14.9. The third-order valence-corrected chi connectivity index (χ3v) is 3.93. The predicted octanol–water partition coefficient (Wildman–Crippen LogP) is 3.09. The molecule has 0 aliphatic heterocycles. The lowest BCUT2D eigenvalue weighted by atomic mass is 10.1. The Balaban J connectivity index is 1.98. The number of hydrogen-bond acceptors (Lipinski definition) is 5. The summed E-state index contributed by atoms with van der Waals surface area (Å²) in [5.41, 5.74) is 5.83. The molecule has 0 saturated heterocycles. The number of hydrazine groups is 1. The Kier molecular flexibility index (Phi) is 6.36. The first-order chi connectivity index (χ1) is 12.7. The largest absolute Gasteiger partial charge is 0.480 e. The van der Waals surface area contributed by atoms with Crippen LogP contribution in [-0.4, -0.2) is 22.8 Å². The van der Waals surface area contributed by atoms with Crippen molar-refractivity contribution >= 4 is 29.1 Å². The number of amides is 2. The monoisotopic (exact) mass is 391 g/mol. The second-order valence-corrected chi connectivity index (χ2v) is 6.32. The van der Waals surface area contributed by atoms with Crippen molar-refractivity contribution in [2.45, 2.75) is 26.9 Å². The van der Waals surface area contributed by atoms with E-state index in [0.717, 1.165) is 17.2 Å². The normalized spacial score (nSPS) is 11.4. The van der Waals surface area contributed by atoms with Crippen LogP contribution < -0.4 is 15.6 Å². The number of halogens is 1. The second-order valence-electron chi connectivity index (χ2n) is 5.88. The van der Waals surface area contributed by atoms with Crippen molar-refractivity contribution < 1.29 is 19.2 Å². The Hall–Kier alpha value is -3.13. The topological polar surface area (TPSA) is 111 Å². The highest BCUT2D eigenvalue weighted by Gasteiger charge is 2.19. The summed E-state index contributed by atoms with van der Waals surface area (Å²) in [6, 6.07) is 8.60. The van der Waals surface area contributed by atoms with Gasteiger partial charge in [0.25, 0.3) is 17.5 Å². The molecule has 1 unspecified atom stereocenters. The van der Waals surface area contributed by atoms with Gasteiger partial charge in [0.15, 0.2) is 6.10 Å². The molecular formula is C18H18ClN3O5. The fourth-order valence-electron chi connectivity index (χ4n) is 2.37. The summed E-state index contributed by atoms with van der Waals surface area (Å²) < 4.78 is 5.67. The fourth-order valence-corrected chi connectivity index (χ4v) is 2.69. The lowest BCUT2D eigenvalue weighted by molar-refractivity contribution is -0.384. The molecule has 2 rings (SSSR count). The zero-order valence-corrected chi connectivity index (χ0v) is 15.7. The zero-order chi connectivity index (χ0) is 20.1. The molecule has 27 heavy (non-hydrogen) atoms. The van der Waals surface area contributed by atoms with Crippen LogP contribution in [0.15, 0.2) is 36.4 Å². The first-order valence-electron chi connectivity index (χ1n) is 7.97. The second kappa shape index (κ2) is 8.50. The first kappa shape index (κ1) is 20.2. The number of nitro groups is 1. The molecule has 142 valence electrons. The maximum atomic E-state index is 12.2. The Morgan fingerprint density at radius 2 is 1.78 bits per heavy atom. The van der Waals surface area contributed by atoms with E-state index in [4.69, 9.17) is 16.3 Å². The average Bonchev–Trinajstić information content (AvgIpc) is 2.62. The van der Waals surface area contributed by atoms with Crippen molar-refractivity contribution in [1.82, 2.24) is 10.9 Å². The maximum absolute atomic E-state index is 12.2. The third kappa shape index (κ3) is 5.18. The van der Waals surface area contributed by atoms with Gasteiger partial charge in [-0.1, -0.05) is 17.7 Å². The lowest BCUT2D eigenvalue weighted by Gasteiger charge is -2.18. The molecule has 2 amide bonds. The highest BCUT2D eigenvalue weighted by molar-refractivity contribution is 6.30. The Morgan fingerprint density at radius 3 is 2.37 bits per heavy atom. The number of ether oxygens (including phenoxy) is 1. The predicted molar refractivity (Wildman–Crippen MR) is 99.7 cm³/mol. The number of rotatable bonds is 5. The van der Waals surface area contributed by atoms with Gasteiger partial charge in [-0.05, 0) is 50.1 Å². The third-order valence-electron chi connectivity index (χ3n) is 3.71. The smallest absolute Gasteiger partial charge is 0.279 e. The molecule has 0 spiro atoms. The molecule has 2 aromatic rings. The molecule has 0 aliphatic rings. The standard InChI is InChI=1S/C18H18ClN3O5/c1-10-7-14(19)8-11(2)16(10)27-12(3)17(23)20-21-18(24)13-5-4-6-15(9-13)22(25)26/h4-9,12H,1-3H3,(H,20,23)(H,21,24). The van der Waals surface area contributed by atoms with Gasteiger partial charge in [-0.15, -0.1) is 0 Å². The van der Waals surface area contributed by atoms with Gasteiger partial charge in [-0.2, -0.15) is 0 Å². The van der Waals surface area contributed by atoms with E-state index < -0.39 is 22.8 Å². The van der Waals surface area contributed by atoms with Gasteiger partial charge < -0.3 is 4.74 Å². The number of nitrogens with one attached hydrogen (secondary N) is 2. The summed E-state index contributed by atoms with van der Waals surface area (Å²) in [6.45, 7) is 5.15. The Bertz CT molecular complexity index is 877.